The van der Waals surface area contributed by atoms with Crippen LogP contribution in [0.4, 0.5) is 5.69 Å². The lowest BCUT2D eigenvalue weighted by Gasteiger charge is -2.37. The number of rotatable bonds is 5. The number of benzene rings is 1. The molecule has 2 saturated carbocycles. The SMILES string of the molecule is Cc1ccccc1N1CCN(CC(=O)N[C@H](C)[C@@H]2C[C@H]3CC[C@H]2C3)CC1. The van der Waals surface area contributed by atoms with Crippen molar-refractivity contribution >= 4 is 11.6 Å². The average Bonchev–Trinajstić information content (AvgIpc) is 3.26. The molecule has 1 aliphatic heterocycles. The van der Waals surface area contributed by atoms with Gasteiger partial charge in [0.05, 0.1) is 6.54 Å². The van der Waals surface area contributed by atoms with E-state index in [9.17, 15) is 4.79 Å². The summed E-state index contributed by atoms with van der Waals surface area (Å²) in [4.78, 5) is 17.3. The summed E-state index contributed by atoms with van der Waals surface area (Å²) in [6, 6.07) is 8.92. The third-order valence-electron chi connectivity index (χ3n) is 7.02. The van der Waals surface area contributed by atoms with Crippen LogP contribution < -0.4 is 10.2 Å². The third kappa shape index (κ3) is 3.75. The summed E-state index contributed by atoms with van der Waals surface area (Å²) in [5.74, 6) is 2.74. The second-order valence-electron chi connectivity index (χ2n) is 8.74. The number of carbonyl (C=O) groups excluding carboxylic acids is 1. The predicted octanol–water partition coefficient (Wildman–Crippen LogP) is 3.06. The second-order valence-corrected chi connectivity index (χ2v) is 8.74. The summed E-state index contributed by atoms with van der Waals surface area (Å²) in [5, 5.41) is 3.31. The number of hydrogen-bond donors (Lipinski definition) is 1. The Morgan fingerprint density at radius 1 is 1.15 bits per heavy atom. The minimum absolute atomic E-state index is 0.213. The molecule has 0 spiro atoms. The van der Waals surface area contributed by atoms with Crippen LogP contribution in [0.2, 0.25) is 0 Å². The van der Waals surface area contributed by atoms with Crippen LogP contribution in [-0.4, -0.2) is 49.6 Å². The number of carbonyl (C=O) groups is 1. The van der Waals surface area contributed by atoms with Crippen LogP contribution in [0.1, 0.15) is 38.2 Å². The first-order valence-corrected chi connectivity index (χ1v) is 10.4. The van der Waals surface area contributed by atoms with Crippen molar-refractivity contribution in [2.24, 2.45) is 17.8 Å². The van der Waals surface area contributed by atoms with E-state index in [0.717, 1.165) is 43.9 Å². The molecule has 2 aliphatic carbocycles. The van der Waals surface area contributed by atoms with Gasteiger partial charge in [-0.15, -0.1) is 0 Å². The minimum atomic E-state index is 0.213. The van der Waals surface area contributed by atoms with Crippen LogP contribution in [0.25, 0.3) is 0 Å². The summed E-state index contributed by atoms with van der Waals surface area (Å²) in [7, 11) is 0. The normalized spacial score (nSPS) is 29.8. The van der Waals surface area contributed by atoms with Crippen LogP contribution in [-0.2, 0) is 4.79 Å². The highest BCUT2D eigenvalue weighted by molar-refractivity contribution is 5.78. The summed E-state index contributed by atoms with van der Waals surface area (Å²) >= 11 is 0. The van der Waals surface area contributed by atoms with Gasteiger partial charge in [0, 0.05) is 37.9 Å². The first kappa shape index (κ1) is 17.8. The maximum Gasteiger partial charge on any atom is 0.234 e. The number of piperazine rings is 1. The predicted molar refractivity (Wildman–Crippen MR) is 106 cm³/mol. The van der Waals surface area contributed by atoms with Gasteiger partial charge in [-0.1, -0.05) is 24.6 Å². The fourth-order valence-electron chi connectivity index (χ4n) is 5.58. The van der Waals surface area contributed by atoms with E-state index in [0.29, 0.717) is 12.6 Å². The molecule has 2 bridgehead atoms. The minimum Gasteiger partial charge on any atom is -0.369 e. The molecule has 1 saturated heterocycles. The quantitative estimate of drug-likeness (QED) is 0.882. The van der Waals surface area contributed by atoms with Crippen molar-refractivity contribution in [3.05, 3.63) is 29.8 Å². The first-order chi connectivity index (χ1) is 12.6. The van der Waals surface area contributed by atoms with Crippen molar-refractivity contribution in [3.63, 3.8) is 0 Å². The van der Waals surface area contributed by atoms with E-state index in [4.69, 9.17) is 0 Å². The molecular formula is C22H33N3O. The van der Waals surface area contributed by atoms with Crippen LogP contribution in [0, 0.1) is 24.7 Å². The summed E-state index contributed by atoms with van der Waals surface area (Å²) in [5.41, 5.74) is 2.67. The molecule has 1 aromatic rings. The van der Waals surface area contributed by atoms with Crippen molar-refractivity contribution in [2.75, 3.05) is 37.6 Å². The van der Waals surface area contributed by atoms with Crippen LogP contribution in [0.3, 0.4) is 0 Å². The van der Waals surface area contributed by atoms with Gasteiger partial charge in [0.2, 0.25) is 5.91 Å². The summed E-state index contributed by atoms with van der Waals surface area (Å²) in [6.07, 6.45) is 5.55. The molecule has 142 valence electrons. The molecule has 3 aliphatic rings. The molecule has 4 rings (SSSR count). The lowest BCUT2D eigenvalue weighted by molar-refractivity contribution is -0.123. The number of hydrogen-bond acceptors (Lipinski definition) is 3. The maximum absolute atomic E-state index is 12.5. The van der Waals surface area contributed by atoms with Gasteiger partial charge in [0.15, 0.2) is 0 Å². The molecular weight excluding hydrogens is 322 g/mol. The molecule has 0 unspecified atom stereocenters. The highest BCUT2D eigenvalue weighted by Gasteiger charge is 2.42. The van der Waals surface area contributed by atoms with Crippen molar-refractivity contribution < 1.29 is 4.79 Å². The van der Waals surface area contributed by atoms with Gasteiger partial charge in [0.1, 0.15) is 0 Å². The molecule has 4 heteroatoms. The van der Waals surface area contributed by atoms with Crippen molar-refractivity contribution in [1.29, 1.82) is 0 Å². The molecule has 1 aromatic carbocycles. The number of amides is 1. The van der Waals surface area contributed by atoms with E-state index in [-0.39, 0.29) is 5.91 Å². The average molecular weight is 356 g/mol. The van der Waals surface area contributed by atoms with Gasteiger partial charge in [-0.3, -0.25) is 9.69 Å². The fraction of sp³-hybridized carbons (Fsp3) is 0.682. The van der Waals surface area contributed by atoms with Gasteiger partial charge < -0.3 is 10.2 Å². The largest absolute Gasteiger partial charge is 0.369 e. The molecule has 4 atom stereocenters. The van der Waals surface area contributed by atoms with Gasteiger partial charge in [-0.05, 0) is 62.5 Å². The van der Waals surface area contributed by atoms with E-state index < -0.39 is 0 Å². The van der Waals surface area contributed by atoms with E-state index in [2.05, 4.69) is 53.2 Å². The lowest BCUT2D eigenvalue weighted by atomic mass is 9.84. The zero-order valence-corrected chi connectivity index (χ0v) is 16.3. The van der Waals surface area contributed by atoms with Gasteiger partial charge in [0.25, 0.3) is 0 Å². The van der Waals surface area contributed by atoms with Gasteiger partial charge in [-0.25, -0.2) is 0 Å². The Labute approximate surface area is 157 Å². The first-order valence-electron chi connectivity index (χ1n) is 10.4. The van der Waals surface area contributed by atoms with E-state index in [1.165, 1.54) is 36.9 Å². The van der Waals surface area contributed by atoms with Crippen LogP contribution in [0.5, 0.6) is 0 Å². The monoisotopic (exact) mass is 355 g/mol. The topological polar surface area (TPSA) is 35.6 Å². The number of anilines is 1. The Hall–Kier alpha value is -1.55. The van der Waals surface area contributed by atoms with Crippen molar-refractivity contribution in [3.8, 4) is 0 Å². The molecule has 0 aromatic heterocycles. The number of nitrogens with one attached hydrogen (secondary N) is 1. The Bertz CT molecular complexity index is 638. The van der Waals surface area contributed by atoms with Crippen LogP contribution in [0.15, 0.2) is 24.3 Å². The van der Waals surface area contributed by atoms with Gasteiger partial charge >= 0.3 is 0 Å². The molecule has 3 fully saturated rings. The lowest BCUT2D eigenvalue weighted by Crippen LogP contribution is -2.51. The standard InChI is InChI=1S/C22H33N3O/c1-16-5-3-4-6-21(16)25-11-9-24(10-12-25)15-22(26)23-17(2)20-14-18-7-8-19(20)13-18/h3-6,17-20H,7-15H2,1-2H3,(H,23,26)/t17-,18+,19+,20+/m1/s1. The number of nitrogens with zero attached hydrogens (tertiary/aromatic N) is 2. The number of aryl methyl sites for hydroxylation is 1. The Morgan fingerprint density at radius 3 is 2.58 bits per heavy atom. The highest BCUT2D eigenvalue weighted by Crippen LogP contribution is 2.49. The summed E-state index contributed by atoms with van der Waals surface area (Å²) in [6.45, 7) is 8.87. The molecule has 1 heterocycles. The smallest absolute Gasteiger partial charge is 0.234 e. The summed E-state index contributed by atoms with van der Waals surface area (Å²) < 4.78 is 0. The van der Waals surface area contributed by atoms with Crippen molar-refractivity contribution in [2.45, 2.75) is 45.6 Å². The van der Waals surface area contributed by atoms with E-state index >= 15 is 0 Å². The Morgan fingerprint density at radius 2 is 1.92 bits per heavy atom. The number of fused-ring (bicyclic) bond motifs is 2. The molecule has 1 N–H and O–H groups in total. The molecule has 4 nitrogen and oxygen atoms in total. The molecule has 26 heavy (non-hydrogen) atoms. The Balaban J connectivity index is 1.23. The van der Waals surface area contributed by atoms with Crippen LogP contribution >= 0.6 is 0 Å². The molecule has 1 amide bonds. The van der Waals surface area contributed by atoms with Crippen molar-refractivity contribution in [1.82, 2.24) is 10.2 Å². The second kappa shape index (κ2) is 7.59. The zero-order valence-electron chi connectivity index (χ0n) is 16.3. The maximum atomic E-state index is 12.5. The van der Waals surface area contributed by atoms with E-state index in [1.807, 2.05) is 0 Å². The fourth-order valence-corrected chi connectivity index (χ4v) is 5.58. The third-order valence-corrected chi connectivity index (χ3v) is 7.02. The highest BCUT2D eigenvalue weighted by atomic mass is 16.2. The number of para-hydroxylation sites is 1. The zero-order chi connectivity index (χ0) is 18.1. The Kier molecular flexibility index (Phi) is 5.21. The van der Waals surface area contributed by atoms with Gasteiger partial charge in [-0.2, -0.15) is 0 Å². The molecule has 0 radical (unpaired) electrons. The van der Waals surface area contributed by atoms with E-state index in [1.54, 1.807) is 0 Å².